The molecule has 7 heteroatoms. The molecule has 0 saturated carbocycles. The summed E-state index contributed by atoms with van der Waals surface area (Å²) in [6.45, 7) is 5.39. The van der Waals surface area contributed by atoms with Crippen molar-refractivity contribution in [3.8, 4) is 5.69 Å². The zero-order valence-corrected chi connectivity index (χ0v) is 14.5. The van der Waals surface area contributed by atoms with Gasteiger partial charge in [-0.3, -0.25) is 4.79 Å². The lowest BCUT2D eigenvalue weighted by Crippen LogP contribution is -2.45. The van der Waals surface area contributed by atoms with Crippen LogP contribution in [-0.2, 0) is 4.79 Å². The Bertz CT molecular complexity index is 740. The quantitative estimate of drug-likeness (QED) is 0.839. The minimum Gasteiger partial charge on any atom is -0.480 e. The average molecular weight is 350 g/mol. The van der Waals surface area contributed by atoms with Crippen molar-refractivity contribution in [1.29, 1.82) is 0 Å². The van der Waals surface area contributed by atoms with Crippen LogP contribution in [-0.4, -0.2) is 32.8 Å². The van der Waals surface area contributed by atoms with Gasteiger partial charge in [-0.15, -0.1) is 0 Å². The molecule has 128 valence electrons. The van der Waals surface area contributed by atoms with Crippen LogP contribution < -0.4 is 5.32 Å². The van der Waals surface area contributed by atoms with Crippen LogP contribution in [0.5, 0.6) is 0 Å². The molecule has 6 nitrogen and oxygen atoms in total. The van der Waals surface area contributed by atoms with Gasteiger partial charge in [-0.1, -0.05) is 31.9 Å². The first kappa shape index (κ1) is 18.0. The summed E-state index contributed by atoms with van der Waals surface area (Å²) in [7, 11) is 0. The number of carboxylic acid groups (broad SMARTS) is 1. The lowest BCUT2D eigenvalue weighted by molar-refractivity contribution is -0.140. The third kappa shape index (κ3) is 3.94. The minimum absolute atomic E-state index is 0.168. The number of carbonyl (C=O) groups excluding carboxylic acids is 1. The van der Waals surface area contributed by atoms with Crippen LogP contribution in [0.2, 0.25) is 5.02 Å². The summed E-state index contributed by atoms with van der Waals surface area (Å²) in [6.07, 6.45) is 2.24. The Labute approximate surface area is 145 Å². The monoisotopic (exact) mass is 349 g/mol. The first-order chi connectivity index (χ1) is 11.3. The van der Waals surface area contributed by atoms with Gasteiger partial charge in [-0.25, -0.2) is 9.48 Å². The highest BCUT2D eigenvalue weighted by Gasteiger charge is 2.27. The number of carboxylic acids is 1. The zero-order chi connectivity index (χ0) is 17.9. The van der Waals surface area contributed by atoms with E-state index in [4.69, 9.17) is 11.6 Å². The number of carbonyl (C=O) groups is 2. The SMILES string of the molecule is CC[C@H](C)[C@H](NC(=O)c1cn(-c2ccc(Cl)cc2)nc1C)C(=O)O. The van der Waals surface area contributed by atoms with E-state index >= 15 is 0 Å². The summed E-state index contributed by atoms with van der Waals surface area (Å²) >= 11 is 5.87. The van der Waals surface area contributed by atoms with E-state index in [0.29, 0.717) is 22.7 Å². The summed E-state index contributed by atoms with van der Waals surface area (Å²) < 4.78 is 1.57. The van der Waals surface area contributed by atoms with Crippen LogP contribution in [0, 0.1) is 12.8 Å². The Hall–Kier alpha value is -2.34. The van der Waals surface area contributed by atoms with E-state index in [0.717, 1.165) is 5.69 Å². The second-order valence-corrected chi connectivity index (χ2v) is 6.16. The molecule has 0 unspecified atom stereocenters. The van der Waals surface area contributed by atoms with Gasteiger partial charge < -0.3 is 10.4 Å². The number of halogens is 1. The second-order valence-electron chi connectivity index (χ2n) is 5.72. The number of aromatic nitrogens is 2. The van der Waals surface area contributed by atoms with Crippen LogP contribution in [0.25, 0.3) is 5.69 Å². The number of rotatable bonds is 6. The first-order valence-corrected chi connectivity index (χ1v) is 8.07. The van der Waals surface area contributed by atoms with Gasteiger partial charge in [0, 0.05) is 11.2 Å². The van der Waals surface area contributed by atoms with Crippen LogP contribution in [0.4, 0.5) is 0 Å². The number of aliphatic carboxylic acids is 1. The van der Waals surface area contributed by atoms with Crippen molar-refractivity contribution >= 4 is 23.5 Å². The maximum absolute atomic E-state index is 12.5. The molecule has 2 rings (SSSR count). The fourth-order valence-electron chi connectivity index (χ4n) is 2.31. The third-order valence-corrected chi connectivity index (χ3v) is 4.25. The van der Waals surface area contributed by atoms with Gasteiger partial charge in [0.05, 0.1) is 16.9 Å². The molecule has 1 heterocycles. The fraction of sp³-hybridized carbons (Fsp3) is 0.353. The largest absolute Gasteiger partial charge is 0.480 e. The molecule has 1 aromatic heterocycles. The Balaban J connectivity index is 2.24. The molecule has 0 aliphatic carbocycles. The Morgan fingerprint density at radius 3 is 2.50 bits per heavy atom. The van der Waals surface area contributed by atoms with Crippen molar-refractivity contribution in [2.45, 2.75) is 33.2 Å². The molecule has 1 aromatic carbocycles. The number of nitrogens with one attached hydrogen (secondary N) is 1. The molecule has 2 N–H and O–H groups in total. The van der Waals surface area contributed by atoms with Gasteiger partial charge in [0.25, 0.3) is 5.91 Å². The summed E-state index contributed by atoms with van der Waals surface area (Å²) in [5.74, 6) is -1.65. The highest BCUT2D eigenvalue weighted by molar-refractivity contribution is 6.30. The third-order valence-electron chi connectivity index (χ3n) is 4.00. The zero-order valence-electron chi connectivity index (χ0n) is 13.8. The Morgan fingerprint density at radius 1 is 1.33 bits per heavy atom. The van der Waals surface area contributed by atoms with E-state index < -0.39 is 17.9 Å². The van der Waals surface area contributed by atoms with E-state index in [-0.39, 0.29) is 5.92 Å². The average Bonchev–Trinajstić information content (AvgIpc) is 2.94. The molecular formula is C17H20ClN3O3. The van der Waals surface area contributed by atoms with Gasteiger partial charge in [-0.05, 0) is 37.1 Å². The number of nitrogens with zero attached hydrogens (tertiary/aromatic N) is 2. The molecule has 0 aliphatic heterocycles. The van der Waals surface area contributed by atoms with E-state index in [9.17, 15) is 14.7 Å². The Kier molecular flexibility index (Phi) is 5.62. The summed E-state index contributed by atoms with van der Waals surface area (Å²) in [5.41, 5.74) is 1.63. The summed E-state index contributed by atoms with van der Waals surface area (Å²) in [4.78, 5) is 23.8. The maximum Gasteiger partial charge on any atom is 0.326 e. The molecule has 0 aliphatic rings. The fourth-order valence-corrected chi connectivity index (χ4v) is 2.44. The predicted molar refractivity (Wildman–Crippen MR) is 91.7 cm³/mol. The van der Waals surface area contributed by atoms with Crippen molar-refractivity contribution in [2.75, 3.05) is 0 Å². The van der Waals surface area contributed by atoms with Crippen LogP contribution in [0.15, 0.2) is 30.5 Å². The number of hydrogen-bond acceptors (Lipinski definition) is 3. The highest BCUT2D eigenvalue weighted by atomic mass is 35.5. The lowest BCUT2D eigenvalue weighted by Gasteiger charge is -2.19. The molecule has 0 bridgehead atoms. The summed E-state index contributed by atoms with van der Waals surface area (Å²) in [6, 6.07) is 6.11. The molecule has 0 spiro atoms. The number of benzene rings is 1. The van der Waals surface area contributed by atoms with Gasteiger partial charge >= 0.3 is 5.97 Å². The standard InChI is InChI=1S/C17H20ClN3O3/c1-4-10(2)15(17(23)24)19-16(22)14-9-21(20-11(14)3)13-7-5-12(18)6-8-13/h5-10,15H,4H2,1-3H3,(H,19,22)(H,23,24)/t10-,15-/m0/s1. The molecule has 0 saturated heterocycles. The summed E-state index contributed by atoms with van der Waals surface area (Å²) in [5, 5.41) is 16.8. The van der Waals surface area contributed by atoms with E-state index in [1.54, 1.807) is 49.0 Å². The number of hydrogen-bond donors (Lipinski definition) is 2. The molecular weight excluding hydrogens is 330 g/mol. The molecule has 2 atom stereocenters. The van der Waals surface area contributed by atoms with Gasteiger partial charge in [-0.2, -0.15) is 5.10 Å². The first-order valence-electron chi connectivity index (χ1n) is 7.69. The topological polar surface area (TPSA) is 84.2 Å². The Morgan fingerprint density at radius 2 is 1.96 bits per heavy atom. The highest BCUT2D eigenvalue weighted by Crippen LogP contribution is 2.16. The smallest absolute Gasteiger partial charge is 0.326 e. The van der Waals surface area contributed by atoms with E-state index in [1.165, 1.54) is 0 Å². The van der Waals surface area contributed by atoms with Crippen LogP contribution in [0.3, 0.4) is 0 Å². The second kappa shape index (κ2) is 7.49. The van der Waals surface area contributed by atoms with Crippen molar-refractivity contribution in [3.63, 3.8) is 0 Å². The lowest BCUT2D eigenvalue weighted by atomic mass is 9.99. The molecule has 0 fully saturated rings. The van der Waals surface area contributed by atoms with Crippen molar-refractivity contribution < 1.29 is 14.7 Å². The molecule has 24 heavy (non-hydrogen) atoms. The van der Waals surface area contributed by atoms with Crippen molar-refractivity contribution in [1.82, 2.24) is 15.1 Å². The van der Waals surface area contributed by atoms with E-state index in [1.807, 2.05) is 6.92 Å². The number of aryl methyl sites for hydroxylation is 1. The molecule has 0 radical (unpaired) electrons. The number of amides is 1. The van der Waals surface area contributed by atoms with E-state index in [2.05, 4.69) is 10.4 Å². The normalized spacial score (nSPS) is 13.3. The van der Waals surface area contributed by atoms with Crippen molar-refractivity contribution in [2.24, 2.45) is 5.92 Å². The molecule has 2 aromatic rings. The maximum atomic E-state index is 12.5. The predicted octanol–water partition coefficient (Wildman–Crippen LogP) is 3.06. The minimum atomic E-state index is -1.04. The van der Waals surface area contributed by atoms with Crippen LogP contribution >= 0.6 is 11.6 Å². The van der Waals surface area contributed by atoms with Crippen molar-refractivity contribution in [3.05, 3.63) is 46.7 Å². The van der Waals surface area contributed by atoms with Crippen LogP contribution in [0.1, 0.15) is 36.3 Å². The van der Waals surface area contributed by atoms with Gasteiger partial charge in [0.2, 0.25) is 0 Å². The van der Waals surface area contributed by atoms with Gasteiger partial charge in [0.1, 0.15) is 6.04 Å². The van der Waals surface area contributed by atoms with Gasteiger partial charge in [0.15, 0.2) is 0 Å². The molecule has 1 amide bonds.